The molecule has 0 radical (unpaired) electrons. The summed E-state index contributed by atoms with van der Waals surface area (Å²) in [6.45, 7) is 0. The topological polar surface area (TPSA) is 65.0 Å². The monoisotopic (exact) mass is 492 g/mol. The van der Waals surface area contributed by atoms with Crippen molar-refractivity contribution < 1.29 is 24.1 Å². The second-order valence-electron chi connectivity index (χ2n) is 10.3. The fraction of sp³-hybridized carbons (Fsp3) is 0.281. The minimum Gasteiger partial charge on any atom is -0.507 e. The molecule has 1 N–H and O–H groups in total. The molecule has 186 valence electrons. The molecule has 4 aromatic carbocycles. The van der Waals surface area contributed by atoms with Crippen LogP contribution in [0.2, 0.25) is 0 Å². The van der Waals surface area contributed by atoms with Gasteiger partial charge in [0.1, 0.15) is 23.0 Å². The first kappa shape index (κ1) is 22.2. The third kappa shape index (κ3) is 2.61. The summed E-state index contributed by atoms with van der Waals surface area (Å²) in [5.41, 5.74) is 5.88. The third-order valence-corrected chi connectivity index (χ3v) is 9.05. The highest BCUT2D eigenvalue weighted by molar-refractivity contribution is 6.06. The second-order valence-corrected chi connectivity index (χ2v) is 10.3. The Morgan fingerprint density at radius 1 is 0.784 bits per heavy atom. The van der Waals surface area contributed by atoms with Crippen LogP contribution >= 0.6 is 0 Å². The zero-order valence-corrected chi connectivity index (χ0v) is 21.1. The van der Waals surface area contributed by atoms with Crippen LogP contribution in [0.5, 0.6) is 23.0 Å². The van der Waals surface area contributed by atoms with Gasteiger partial charge in [-0.25, -0.2) is 0 Å². The van der Waals surface area contributed by atoms with Gasteiger partial charge in [-0.05, 0) is 76.2 Å². The van der Waals surface area contributed by atoms with E-state index in [1.807, 2.05) is 24.3 Å². The van der Waals surface area contributed by atoms with Gasteiger partial charge >= 0.3 is 0 Å². The quantitative estimate of drug-likeness (QED) is 0.372. The molecular formula is C32H28O5. The first-order chi connectivity index (χ1) is 18.1. The van der Waals surface area contributed by atoms with Crippen molar-refractivity contribution in [3.63, 3.8) is 0 Å². The van der Waals surface area contributed by atoms with Crippen molar-refractivity contribution in [3.05, 3.63) is 94.0 Å². The number of carbonyl (C=O) groups is 1. The van der Waals surface area contributed by atoms with Gasteiger partial charge in [-0.2, -0.15) is 0 Å². The predicted octanol–water partition coefficient (Wildman–Crippen LogP) is 6.15. The van der Waals surface area contributed by atoms with E-state index < -0.39 is 5.41 Å². The third-order valence-electron chi connectivity index (χ3n) is 9.05. The number of carbonyl (C=O) groups excluding carboxylic acids is 1. The fourth-order valence-corrected chi connectivity index (χ4v) is 7.80. The maximum absolute atomic E-state index is 13.7. The van der Waals surface area contributed by atoms with Gasteiger partial charge in [0.2, 0.25) is 0 Å². The van der Waals surface area contributed by atoms with Gasteiger partial charge in [0.25, 0.3) is 0 Å². The Morgan fingerprint density at radius 3 is 2.32 bits per heavy atom. The number of rotatable bonds is 3. The molecule has 37 heavy (non-hydrogen) atoms. The molecule has 7 rings (SSSR count). The number of ketones is 1. The number of methoxy groups -OCH3 is 3. The van der Waals surface area contributed by atoms with Crippen LogP contribution in [0.25, 0.3) is 10.8 Å². The summed E-state index contributed by atoms with van der Waals surface area (Å²) >= 11 is 0. The summed E-state index contributed by atoms with van der Waals surface area (Å²) in [7, 11) is 4.99. The van der Waals surface area contributed by atoms with Crippen LogP contribution in [0, 0.1) is 5.92 Å². The minimum atomic E-state index is -0.504. The number of aromatic hydroxyl groups is 1. The van der Waals surface area contributed by atoms with Crippen molar-refractivity contribution in [2.45, 2.75) is 30.6 Å². The number of ether oxygens (including phenoxy) is 3. The van der Waals surface area contributed by atoms with E-state index >= 15 is 0 Å². The lowest BCUT2D eigenvalue weighted by Crippen LogP contribution is -2.45. The summed E-state index contributed by atoms with van der Waals surface area (Å²) in [6.07, 6.45) is 2.12. The SMILES string of the molecule is COc1cccc2c1CC[C@@H]1CC(=O)c3c(OC)cccc3C13c1ccc(OC)c4c(O)ccc(c14)C23. The van der Waals surface area contributed by atoms with Gasteiger partial charge in [-0.15, -0.1) is 0 Å². The Balaban J connectivity index is 1.70. The maximum Gasteiger partial charge on any atom is 0.167 e. The zero-order valence-electron chi connectivity index (χ0n) is 21.1. The molecule has 3 aliphatic carbocycles. The van der Waals surface area contributed by atoms with Crippen molar-refractivity contribution >= 4 is 16.6 Å². The lowest BCUT2D eigenvalue weighted by atomic mass is 9.54. The fourth-order valence-electron chi connectivity index (χ4n) is 7.80. The first-order valence-electron chi connectivity index (χ1n) is 12.8. The summed E-state index contributed by atoms with van der Waals surface area (Å²) in [6, 6.07) is 20.3. The van der Waals surface area contributed by atoms with Crippen LogP contribution < -0.4 is 14.2 Å². The smallest absolute Gasteiger partial charge is 0.167 e. The van der Waals surface area contributed by atoms with Crippen molar-refractivity contribution in [1.82, 2.24) is 0 Å². The average Bonchev–Trinajstić information content (AvgIpc) is 3.13. The molecule has 0 saturated heterocycles. The van der Waals surface area contributed by atoms with Crippen molar-refractivity contribution in [2.24, 2.45) is 5.92 Å². The van der Waals surface area contributed by atoms with Crippen LogP contribution in [0.1, 0.15) is 56.9 Å². The van der Waals surface area contributed by atoms with E-state index in [9.17, 15) is 9.90 Å². The van der Waals surface area contributed by atoms with Gasteiger partial charge in [0.15, 0.2) is 5.78 Å². The van der Waals surface area contributed by atoms with Gasteiger partial charge in [-0.3, -0.25) is 4.79 Å². The van der Waals surface area contributed by atoms with Gasteiger partial charge in [0.05, 0.1) is 32.3 Å². The van der Waals surface area contributed by atoms with E-state index in [1.165, 1.54) is 11.1 Å². The standard InChI is InChI=1S/C32H28O5/c1-35-25-8-4-6-19-18(25)11-10-17-16-24(34)29-21(7-5-9-26(29)36-2)32(17)22-13-15-27(37-3)30-23(33)14-12-20(28(22)30)31(19)32/h4-9,12-15,17,31,33H,10-11,16H2,1-3H3/t17-,31?,32?/m1/s1. The number of Topliss-reactive ketones (excluding diaryl/α,β-unsaturated/α-hetero) is 1. The molecule has 0 fully saturated rings. The number of benzene rings is 4. The molecule has 4 aromatic rings. The molecule has 3 atom stereocenters. The van der Waals surface area contributed by atoms with Crippen LogP contribution in [0.3, 0.4) is 0 Å². The summed E-state index contributed by atoms with van der Waals surface area (Å²) in [4.78, 5) is 13.7. The lowest BCUT2D eigenvalue weighted by molar-refractivity contribution is 0.0901. The van der Waals surface area contributed by atoms with E-state index in [-0.39, 0.29) is 23.4 Å². The van der Waals surface area contributed by atoms with Crippen LogP contribution in [-0.2, 0) is 11.8 Å². The van der Waals surface area contributed by atoms with Crippen LogP contribution in [0.15, 0.2) is 60.7 Å². The number of fused-ring (bicyclic) bond motifs is 4. The largest absolute Gasteiger partial charge is 0.507 e. The molecule has 5 nitrogen and oxygen atoms in total. The predicted molar refractivity (Wildman–Crippen MR) is 142 cm³/mol. The molecular weight excluding hydrogens is 464 g/mol. The highest BCUT2D eigenvalue weighted by Crippen LogP contribution is 2.67. The number of hydrogen-bond acceptors (Lipinski definition) is 5. The Kier molecular flexibility index (Phi) is 4.66. The lowest BCUT2D eigenvalue weighted by Gasteiger charge is -2.47. The Labute approximate surface area is 215 Å². The molecule has 1 spiro atoms. The molecule has 0 amide bonds. The van der Waals surface area contributed by atoms with E-state index in [2.05, 4.69) is 30.3 Å². The zero-order chi connectivity index (χ0) is 25.5. The maximum atomic E-state index is 13.7. The molecule has 0 bridgehead atoms. The van der Waals surface area contributed by atoms with Crippen molar-refractivity contribution in [1.29, 1.82) is 0 Å². The van der Waals surface area contributed by atoms with E-state index in [0.717, 1.165) is 46.1 Å². The first-order valence-corrected chi connectivity index (χ1v) is 12.8. The number of phenols is 1. The van der Waals surface area contributed by atoms with Gasteiger partial charge < -0.3 is 19.3 Å². The molecule has 0 heterocycles. The summed E-state index contributed by atoms with van der Waals surface area (Å²) in [5, 5.41) is 12.8. The highest BCUT2D eigenvalue weighted by atomic mass is 16.5. The molecule has 3 aliphatic rings. The van der Waals surface area contributed by atoms with E-state index in [1.54, 1.807) is 27.4 Å². The summed E-state index contributed by atoms with van der Waals surface area (Å²) in [5.74, 6) is 2.47. The van der Waals surface area contributed by atoms with E-state index in [0.29, 0.717) is 23.5 Å². The van der Waals surface area contributed by atoms with Crippen LogP contribution in [-0.4, -0.2) is 32.2 Å². The molecule has 0 saturated carbocycles. The van der Waals surface area contributed by atoms with Gasteiger partial charge in [-0.1, -0.05) is 36.4 Å². The van der Waals surface area contributed by atoms with E-state index in [4.69, 9.17) is 14.2 Å². The second kappa shape index (κ2) is 7.75. The minimum absolute atomic E-state index is 0.0609. The number of hydrogen-bond donors (Lipinski definition) is 1. The number of phenolic OH excluding ortho intramolecular Hbond substituents is 1. The normalized spacial score (nSPS) is 22.9. The van der Waals surface area contributed by atoms with Gasteiger partial charge in [0, 0.05) is 17.8 Å². The highest BCUT2D eigenvalue weighted by Gasteiger charge is 2.59. The Hall–Kier alpha value is -3.99. The van der Waals surface area contributed by atoms with Crippen LogP contribution in [0.4, 0.5) is 0 Å². The summed E-state index contributed by atoms with van der Waals surface area (Å²) < 4.78 is 17.3. The van der Waals surface area contributed by atoms with Crippen molar-refractivity contribution in [3.8, 4) is 23.0 Å². The average molecular weight is 493 g/mol. The Bertz CT molecular complexity index is 1620. The molecule has 0 aromatic heterocycles. The Morgan fingerprint density at radius 2 is 1.54 bits per heavy atom. The molecule has 0 aliphatic heterocycles. The molecule has 2 unspecified atom stereocenters. The van der Waals surface area contributed by atoms with Crippen molar-refractivity contribution in [2.75, 3.05) is 21.3 Å². The molecule has 5 heteroatoms.